The molecule has 0 aromatic heterocycles. The van der Waals surface area contributed by atoms with Crippen LogP contribution in [0.15, 0.2) is 60.7 Å². The van der Waals surface area contributed by atoms with Gasteiger partial charge >= 0.3 is 5.97 Å². The molecule has 4 heteroatoms. The third-order valence-electron chi connectivity index (χ3n) is 3.92. The van der Waals surface area contributed by atoms with Gasteiger partial charge in [-0.1, -0.05) is 48.5 Å². The topological polar surface area (TPSA) is 38.3 Å². The number of piperidine rings is 1. The summed E-state index contributed by atoms with van der Waals surface area (Å²) in [6, 6.07) is 19.5. The Balaban J connectivity index is 0.00000176. The third-order valence-corrected chi connectivity index (χ3v) is 3.92. The van der Waals surface area contributed by atoms with Crippen molar-refractivity contribution in [3.05, 3.63) is 71.8 Å². The van der Waals surface area contributed by atoms with Crippen LogP contribution in [0.5, 0.6) is 0 Å². The van der Waals surface area contributed by atoms with E-state index in [1.54, 1.807) is 12.1 Å². The minimum atomic E-state index is -0.245. The number of rotatable bonds is 3. The van der Waals surface area contributed by atoms with Gasteiger partial charge in [0.05, 0.1) is 5.56 Å². The Morgan fingerprint density at radius 1 is 1.00 bits per heavy atom. The molecule has 1 aliphatic rings. The van der Waals surface area contributed by atoms with Crippen LogP contribution < -0.4 is 5.32 Å². The van der Waals surface area contributed by atoms with Crippen LogP contribution >= 0.6 is 12.4 Å². The number of carbonyl (C=O) groups is 1. The fourth-order valence-electron chi connectivity index (χ4n) is 2.82. The molecular formula is C18H20ClNO2. The molecule has 2 aromatic rings. The Morgan fingerprint density at radius 2 is 1.64 bits per heavy atom. The molecule has 0 unspecified atom stereocenters. The third kappa shape index (κ3) is 3.87. The van der Waals surface area contributed by atoms with Crippen molar-refractivity contribution >= 4 is 18.4 Å². The molecular weight excluding hydrogens is 298 g/mol. The minimum Gasteiger partial charge on any atom is -0.457 e. The van der Waals surface area contributed by atoms with Gasteiger partial charge in [-0.2, -0.15) is 0 Å². The lowest BCUT2D eigenvalue weighted by Gasteiger charge is -2.32. The van der Waals surface area contributed by atoms with Crippen molar-refractivity contribution in [2.24, 2.45) is 0 Å². The van der Waals surface area contributed by atoms with E-state index in [4.69, 9.17) is 4.74 Å². The van der Waals surface area contributed by atoms with Crippen LogP contribution in [0.4, 0.5) is 0 Å². The first-order valence-electron chi connectivity index (χ1n) is 7.36. The lowest BCUT2D eigenvalue weighted by atomic mass is 9.88. The van der Waals surface area contributed by atoms with E-state index in [9.17, 15) is 4.79 Å². The van der Waals surface area contributed by atoms with Gasteiger partial charge in [0.2, 0.25) is 0 Å². The summed E-state index contributed by atoms with van der Waals surface area (Å²) in [6.07, 6.45) is 0.866. The van der Waals surface area contributed by atoms with E-state index < -0.39 is 0 Å². The molecule has 1 fully saturated rings. The lowest BCUT2D eigenvalue weighted by molar-refractivity contribution is 0.0182. The Labute approximate surface area is 137 Å². The van der Waals surface area contributed by atoms with Gasteiger partial charge in [-0.25, -0.2) is 4.79 Å². The largest absolute Gasteiger partial charge is 0.457 e. The first kappa shape index (κ1) is 16.5. The van der Waals surface area contributed by atoms with Crippen molar-refractivity contribution in [3.8, 4) is 0 Å². The summed E-state index contributed by atoms with van der Waals surface area (Å²) in [5, 5.41) is 3.31. The molecule has 22 heavy (non-hydrogen) atoms. The van der Waals surface area contributed by atoms with E-state index in [0.717, 1.165) is 13.0 Å². The van der Waals surface area contributed by atoms with E-state index in [-0.39, 0.29) is 30.4 Å². The highest BCUT2D eigenvalue weighted by Crippen LogP contribution is 2.28. The zero-order chi connectivity index (χ0) is 14.5. The fourth-order valence-corrected chi connectivity index (χ4v) is 2.82. The molecule has 0 bridgehead atoms. The number of nitrogens with one attached hydrogen (secondary N) is 1. The summed E-state index contributed by atoms with van der Waals surface area (Å²) in [5.74, 6) is 0.0188. The van der Waals surface area contributed by atoms with Crippen LogP contribution in [-0.2, 0) is 4.74 Å². The van der Waals surface area contributed by atoms with Gasteiger partial charge in [0.25, 0.3) is 0 Å². The van der Waals surface area contributed by atoms with Gasteiger partial charge in [0.15, 0.2) is 0 Å². The van der Waals surface area contributed by atoms with Gasteiger partial charge in [-0.05, 0) is 30.7 Å². The normalized spacial score (nSPS) is 20.7. The van der Waals surface area contributed by atoms with Crippen LogP contribution in [0.1, 0.15) is 28.3 Å². The first-order valence-corrected chi connectivity index (χ1v) is 7.36. The van der Waals surface area contributed by atoms with E-state index >= 15 is 0 Å². The maximum absolute atomic E-state index is 12.2. The van der Waals surface area contributed by atoms with E-state index in [1.807, 2.05) is 36.4 Å². The summed E-state index contributed by atoms with van der Waals surface area (Å²) in [7, 11) is 0. The molecule has 2 aromatic carbocycles. The number of carbonyl (C=O) groups excluding carboxylic acids is 1. The number of benzene rings is 2. The second kappa shape index (κ2) is 7.97. The predicted octanol–water partition coefficient (Wildman–Crippen LogP) is 3.41. The molecule has 0 amide bonds. The monoisotopic (exact) mass is 317 g/mol. The van der Waals surface area contributed by atoms with Crippen LogP contribution in [0.2, 0.25) is 0 Å². The molecule has 3 nitrogen and oxygen atoms in total. The van der Waals surface area contributed by atoms with Crippen molar-refractivity contribution in [2.75, 3.05) is 13.1 Å². The van der Waals surface area contributed by atoms with Crippen LogP contribution in [0.25, 0.3) is 0 Å². The second-order valence-corrected chi connectivity index (χ2v) is 5.32. The number of esters is 1. The molecule has 116 valence electrons. The zero-order valence-corrected chi connectivity index (χ0v) is 13.1. The summed E-state index contributed by atoms with van der Waals surface area (Å²) >= 11 is 0. The van der Waals surface area contributed by atoms with E-state index in [0.29, 0.717) is 12.1 Å². The van der Waals surface area contributed by atoms with E-state index in [1.165, 1.54) is 5.56 Å². The van der Waals surface area contributed by atoms with Crippen molar-refractivity contribution in [1.82, 2.24) is 5.32 Å². The van der Waals surface area contributed by atoms with Crippen molar-refractivity contribution < 1.29 is 9.53 Å². The van der Waals surface area contributed by atoms with Gasteiger partial charge < -0.3 is 10.1 Å². The molecule has 1 aliphatic heterocycles. The Bertz CT molecular complexity index is 589. The summed E-state index contributed by atoms with van der Waals surface area (Å²) < 4.78 is 5.74. The molecule has 2 atom stereocenters. The van der Waals surface area contributed by atoms with Crippen molar-refractivity contribution in [1.29, 1.82) is 0 Å². The number of halogens is 1. The lowest BCUT2D eigenvalue weighted by Crippen LogP contribution is -2.42. The first-order chi connectivity index (χ1) is 10.3. The quantitative estimate of drug-likeness (QED) is 0.882. The minimum absolute atomic E-state index is 0. The Hall–Kier alpha value is -1.84. The summed E-state index contributed by atoms with van der Waals surface area (Å²) in [6.45, 7) is 1.66. The SMILES string of the molecule is Cl.O=C(O[C@H]1CNCC[C@@H]1c1ccccc1)c1ccccc1. The molecule has 0 aliphatic carbocycles. The maximum Gasteiger partial charge on any atom is 0.338 e. The van der Waals surface area contributed by atoms with E-state index in [2.05, 4.69) is 17.4 Å². The Morgan fingerprint density at radius 3 is 2.32 bits per heavy atom. The number of hydrogen-bond donors (Lipinski definition) is 1. The van der Waals surface area contributed by atoms with Crippen LogP contribution in [-0.4, -0.2) is 25.2 Å². The van der Waals surface area contributed by atoms with Crippen LogP contribution in [0, 0.1) is 0 Å². The van der Waals surface area contributed by atoms with Crippen LogP contribution in [0.3, 0.4) is 0 Å². The molecule has 3 rings (SSSR count). The molecule has 1 saturated heterocycles. The number of ether oxygens (including phenoxy) is 1. The Kier molecular flexibility index (Phi) is 5.99. The van der Waals surface area contributed by atoms with Crippen molar-refractivity contribution in [2.45, 2.75) is 18.4 Å². The van der Waals surface area contributed by atoms with Gasteiger partial charge in [0.1, 0.15) is 6.10 Å². The molecule has 0 saturated carbocycles. The molecule has 0 radical (unpaired) electrons. The van der Waals surface area contributed by atoms with Gasteiger partial charge in [-0.3, -0.25) is 0 Å². The number of hydrogen-bond acceptors (Lipinski definition) is 3. The molecule has 1 N–H and O–H groups in total. The summed E-state index contributed by atoms with van der Waals surface area (Å²) in [4.78, 5) is 12.2. The van der Waals surface area contributed by atoms with Crippen molar-refractivity contribution in [3.63, 3.8) is 0 Å². The molecule has 0 spiro atoms. The molecule has 1 heterocycles. The smallest absolute Gasteiger partial charge is 0.338 e. The highest BCUT2D eigenvalue weighted by atomic mass is 35.5. The van der Waals surface area contributed by atoms with Gasteiger partial charge in [0, 0.05) is 12.5 Å². The highest BCUT2D eigenvalue weighted by Gasteiger charge is 2.29. The maximum atomic E-state index is 12.2. The predicted molar refractivity (Wildman–Crippen MR) is 89.6 cm³/mol. The van der Waals surface area contributed by atoms with Gasteiger partial charge in [-0.15, -0.1) is 12.4 Å². The second-order valence-electron chi connectivity index (χ2n) is 5.32. The average Bonchev–Trinajstić information content (AvgIpc) is 2.57. The highest BCUT2D eigenvalue weighted by molar-refractivity contribution is 5.89. The average molecular weight is 318 g/mol. The zero-order valence-electron chi connectivity index (χ0n) is 12.3. The fraction of sp³-hybridized carbons (Fsp3) is 0.278. The standard InChI is InChI=1S/C18H19NO2.ClH/c20-18(15-9-5-2-6-10-15)21-17-13-19-12-11-16(17)14-7-3-1-4-8-14;/h1-10,16-17,19H,11-13H2;1H/t16-,17+;/m1./s1. The summed E-state index contributed by atoms with van der Waals surface area (Å²) in [5.41, 5.74) is 1.85.